The molecule has 8 aliphatic heterocycles. The van der Waals surface area contributed by atoms with Crippen LogP contribution < -0.4 is 4.74 Å². The minimum atomic E-state index is -3.82. The Morgan fingerprint density at radius 2 is 0.392 bits per heavy atom. The van der Waals surface area contributed by atoms with Gasteiger partial charge in [0.2, 0.25) is 9.84 Å². The Hall–Kier alpha value is -17.7. The first-order chi connectivity index (χ1) is 71.2. The summed E-state index contributed by atoms with van der Waals surface area (Å²) >= 11 is 1.63. The lowest BCUT2D eigenvalue weighted by molar-refractivity contribution is 0.0639. The molecule has 0 unspecified atom stereocenters. The standard InChI is InChI=1S/C32H24N2O6S.C32H24N2O5.C32H24N2O4S.C23H22N2O4/c1-3-16-34-31(37)26-15-9-22(18-28(26)32(34)38)20-6-12-24(13-7-20)41(39,40)23-10-4-19(5-11-23)21-8-14-25-27(17-21)30(36)33(2)29(25)35;2*1-3-16-34-31(37)26-15-9-22(18-28(26)32(34)38)20-6-12-24(13-7-20)39-23-10-4-19(5-11-23)21-8-14-25-27(17-21)30(36)33(2)29(25)35;1-3-11-25-22(28)17-10-8-15(13-19(17)23(25)29)6-4-5-14-7-9-16-18(12-14)21(27)24(2)20(16)26/h4-15,17-18H,3,16H2,1-2H3;2*4-15,17-18H,3,16H2,1-2H3;7-10,12-13H,3-6,11H2,1-2H3. The Morgan fingerprint density at radius 3 is 0.635 bits per heavy atom. The molecule has 0 aromatic heterocycles. The van der Waals surface area contributed by atoms with Gasteiger partial charge >= 0.3 is 0 Å². The van der Waals surface area contributed by atoms with Gasteiger partial charge in [0.15, 0.2) is 0 Å². The van der Waals surface area contributed by atoms with E-state index < -0.39 is 9.84 Å². The molecule has 22 rings (SSSR count). The Labute approximate surface area is 855 Å². The molecule has 27 nitrogen and oxygen atoms in total. The van der Waals surface area contributed by atoms with Gasteiger partial charge in [-0.25, -0.2) is 8.42 Å². The van der Waals surface area contributed by atoms with Crippen LogP contribution in [0.15, 0.2) is 311 Å². The lowest BCUT2D eigenvalue weighted by Gasteiger charge is -2.11. The molecule has 148 heavy (non-hydrogen) atoms. The third-order valence-electron chi connectivity index (χ3n) is 27.3. The van der Waals surface area contributed by atoms with E-state index in [2.05, 4.69) is 0 Å². The number of fused-ring (bicyclic) bond motifs is 8. The Balaban J connectivity index is 0.000000125. The van der Waals surface area contributed by atoms with Crippen molar-refractivity contribution in [2.75, 3.05) is 54.4 Å². The molecule has 0 atom stereocenters. The van der Waals surface area contributed by atoms with E-state index in [1.165, 1.54) is 72.1 Å². The van der Waals surface area contributed by atoms with E-state index in [0.717, 1.165) is 124 Å². The molecular weight excluding hydrogens is 1910 g/mol. The van der Waals surface area contributed by atoms with Gasteiger partial charge in [-0.1, -0.05) is 161 Å². The van der Waals surface area contributed by atoms with Crippen LogP contribution in [0, 0.1) is 0 Å². The van der Waals surface area contributed by atoms with Crippen LogP contribution in [-0.4, -0.2) is 197 Å². The maximum atomic E-state index is 13.4. The highest BCUT2D eigenvalue weighted by atomic mass is 32.2. The number of hydrogen-bond donors (Lipinski definition) is 0. The molecule has 0 radical (unpaired) electrons. The van der Waals surface area contributed by atoms with E-state index in [1.54, 1.807) is 133 Å². The largest absolute Gasteiger partial charge is 0.457 e. The number of sulfone groups is 1. The highest BCUT2D eigenvalue weighted by Crippen LogP contribution is 2.41. The van der Waals surface area contributed by atoms with Crippen LogP contribution in [-0.2, 0) is 22.7 Å². The number of hydrogen-bond acceptors (Lipinski definition) is 20. The van der Waals surface area contributed by atoms with Crippen molar-refractivity contribution in [1.82, 2.24) is 39.2 Å². The lowest BCUT2D eigenvalue weighted by atomic mass is 9.98. The molecule has 8 heterocycles. The fourth-order valence-electron chi connectivity index (χ4n) is 19.2. The number of ether oxygens (including phenoxy) is 1. The smallest absolute Gasteiger partial charge is 0.261 e. The number of carbonyl (C=O) groups excluding carboxylic acids is 16. The molecular formula is C119H94N8O19S2. The predicted octanol–water partition coefficient (Wildman–Crippen LogP) is 20.6. The van der Waals surface area contributed by atoms with Crippen LogP contribution in [0.5, 0.6) is 11.5 Å². The number of aryl methyl sites for hydroxylation is 2. The maximum absolute atomic E-state index is 13.4. The third-order valence-corrected chi connectivity index (χ3v) is 30.1. The molecule has 8 aliphatic rings. The average Bonchev–Trinajstić information content (AvgIpc) is 1.61. The van der Waals surface area contributed by atoms with Crippen molar-refractivity contribution in [2.24, 2.45) is 0 Å². The first-order valence-electron chi connectivity index (χ1n) is 48.3. The zero-order chi connectivity index (χ0) is 104. The molecule has 736 valence electrons. The summed E-state index contributed by atoms with van der Waals surface area (Å²) in [6, 6.07) is 86.3. The molecule has 14 aromatic carbocycles. The molecule has 0 aliphatic carbocycles. The van der Waals surface area contributed by atoms with Crippen LogP contribution in [0.3, 0.4) is 0 Å². The fraction of sp³-hybridized carbons (Fsp3) is 0.160. The summed E-state index contributed by atoms with van der Waals surface area (Å²) in [5, 5.41) is 0. The molecule has 0 N–H and O–H groups in total. The number of imide groups is 8. The van der Waals surface area contributed by atoms with E-state index in [-0.39, 0.29) is 104 Å². The monoisotopic (exact) mass is 2000 g/mol. The topological polar surface area (TPSA) is 342 Å². The van der Waals surface area contributed by atoms with Gasteiger partial charge in [0, 0.05) is 64.2 Å². The summed E-state index contributed by atoms with van der Waals surface area (Å²) in [5.74, 6) is -2.98. The molecule has 14 aromatic rings. The molecule has 0 saturated heterocycles. The summed E-state index contributed by atoms with van der Waals surface area (Å²) in [5.41, 5.74) is 18.9. The second-order valence-electron chi connectivity index (χ2n) is 36.8. The Bertz CT molecular complexity index is 7930. The van der Waals surface area contributed by atoms with Gasteiger partial charge in [-0.3, -0.25) is 116 Å². The number of carbonyl (C=O) groups is 16. The average molecular weight is 2000 g/mol. The molecule has 0 saturated carbocycles. The molecule has 0 fully saturated rings. The first kappa shape index (κ1) is 99.1. The summed E-state index contributed by atoms with van der Waals surface area (Å²) < 4.78 is 32.7. The second-order valence-corrected chi connectivity index (χ2v) is 39.9. The first-order valence-corrected chi connectivity index (χ1v) is 50.6. The Morgan fingerprint density at radius 1 is 0.209 bits per heavy atom. The van der Waals surface area contributed by atoms with Crippen molar-refractivity contribution < 1.29 is 89.9 Å². The fourth-order valence-corrected chi connectivity index (χ4v) is 21.3. The highest BCUT2D eigenvalue weighted by molar-refractivity contribution is 7.99. The van der Waals surface area contributed by atoms with E-state index in [4.69, 9.17) is 4.74 Å². The predicted molar refractivity (Wildman–Crippen MR) is 554 cm³/mol. The molecule has 0 bridgehead atoms. The number of amides is 16. The van der Waals surface area contributed by atoms with Crippen LogP contribution in [0.25, 0.3) is 66.8 Å². The summed E-state index contributed by atoms with van der Waals surface area (Å²) in [6.45, 7) is 9.38. The van der Waals surface area contributed by atoms with Gasteiger partial charge in [-0.2, -0.15) is 0 Å². The third kappa shape index (κ3) is 18.4. The SMILES string of the molecule is CCCN1C(=O)c2ccc(-c3ccc(Oc4ccc(-c5ccc6c(c5)C(=O)N(C)C6=O)cc4)cc3)cc2C1=O.CCCN1C(=O)c2ccc(-c3ccc(S(=O)(=O)c4ccc(-c5ccc6c(c5)C(=O)N(C)C6=O)cc4)cc3)cc2C1=O.CCCN1C(=O)c2ccc(-c3ccc(Sc4ccc(-c5ccc6c(c5)C(=O)N(C)C6=O)cc4)cc3)cc2C1=O.CCCN1C(=O)c2ccc(CCCc3ccc4c(c3)C(=O)N(C)C4=O)cc2C1=O. The molecule has 29 heteroatoms. The van der Waals surface area contributed by atoms with Crippen molar-refractivity contribution in [3.8, 4) is 78.3 Å². The summed E-state index contributed by atoms with van der Waals surface area (Å²) in [4.78, 5) is 210. The van der Waals surface area contributed by atoms with Crippen molar-refractivity contribution in [1.29, 1.82) is 0 Å². The Kier molecular flexibility index (Phi) is 27.1. The van der Waals surface area contributed by atoms with Gasteiger partial charge in [-0.05, 0) is 293 Å². The normalized spacial score (nSPS) is 14.6. The van der Waals surface area contributed by atoms with Crippen LogP contribution in [0.1, 0.15) is 237 Å². The van der Waals surface area contributed by atoms with Crippen molar-refractivity contribution in [2.45, 2.75) is 92.2 Å². The summed E-state index contributed by atoms with van der Waals surface area (Å²) in [6.07, 6.45) is 5.20. The van der Waals surface area contributed by atoms with Crippen molar-refractivity contribution in [3.63, 3.8) is 0 Å². The van der Waals surface area contributed by atoms with E-state index in [9.17, 15) is 85.1 Å². The highest BCUT2D eigenvalue weighted by Gasteiger charge is 2.42. The van der Waals surface area contributed by atoms with Crippen LogP contribution in [0.2, 0.25) is 0 Å². The molecule has 0 spiro atoms. The van der Waals surface area contributed by atoms with Gasteiger partial charge < -0.3 is 4.74 Å². The number of benzene rings is 14. The van der Waals surface area contributed by atoms with Gasteiger partial charge in [0.05, 0.1) is 98.8 Å². The van der Waals surface area contributed by atoms with Gasteiger partial charge in [0.1, 0.15) is 11.5 Å². The second kappa shape index (κ2) is 40.5. The van der Waals surface area contributed by atoms with E-state index in [0.29, 0.717) is 155 Å². The number of rotatable bonds is 24. The maximum Gasteiger partial charge on any atom is 0.261 e. The van der Waals surface area contributed by atoms with E-state index >= 15 is 0 Å². The zero-order valence-corrected chi connectivity index (χ0v) is 83.3. The quantitative estimate of drug-likeness (QED) is 0.0507. The van der Waals surface area contributed by atoms with Crippen LogP contribution >= 0.6 is 11.8 Å². The number of nitrogens with zero attached hydrogens (tertiary/aromatic N) is 8. The van der Waals surface area contributed by atoms with Gasteiger partial charge in [-0.15, -0.1) is 0 Å². The van der Waals surface area contributed by atoms with Crippen molar-refractivity contribution in [3.05, 3.63) is 391 Å². The zero-order valence-electron chi connectivity index (χ0n) is 81.6. The van der Waals surface area contributed by atoms with Gasteiger partial charge in [0.25, 0.3) is 94.5 Å². The summed E-state index contributed by atoms with van der Waals surface area (Å²) in [7, 11) is 2.09. The lowest BCUT2D eigenvalue weighted by Crippen LogP contribution is -2.30. The van der Waals surface area contributed by atoms with Crippen molar-refractivity contribution >= 4 is 116 Å². The minimum absolute atomic E-state index is 0.110. The molecule has 16 amide bonds. The minimum Gasteiger partial charge on any atom is -0.457 e. The van der Waals surface area contributed by atoms with Crippen LogP contribution in [0.4, 0.5) is 0 Å². The van der Waals surface area contributed by atoms with E-state index in [1.807, 2.05) is 173 Å².